The van der Waals surface area contributed by atoms with Crippen LogP contribution in [0.1, 0.15) is 18.5 Å². The number of carbonyl (C=O) groups is 1. The molecule has 1 aliphatic rings. The van der Waals surface area contributed by atoms with E-state index in [2.05, 4.69) is 15.3 Å². The van der Waals surface area contributed by atoms with Gasteiger partial charge in [-0.15, -0.1) is 11.3 Å². The Bertz CT molecular complexity index is 787. The Labute approximate surface area is 138 Å². The van der Waals surface area contributed by atoms with Crippen LogP contribution in [0.3, 0.4) is 0 Å². The number of aryl methyl sites for hydroxylation is 1. The monoisotopic (exact) mass is 351 g/mol. The van der Waals surface area contributed by atoms with E-state index in [1.807, 2.05) is 17.5 Å². The summed E-state index contributed by atoms with van der Waals surface area (Å²) in [6, 6.07) is 3.57. The predicted octanol–water partition coefficient (Wildman–Crippen LogP) is 1.44. The van der Waals surface area contributed by atoms with Crippen molar-refractivity contribution >= 4 is 27.1 Å². The molecule has 0 aromatic carbocycles. The molecule has 1 fully saturated rings. The molecule has 8 heteroatoms. The van der Waals surface area contributed by atoms with Crippen LogP contribution in [0.5, 0.6) is 0 Å². The smallest absolute Gasteiger partial charge is 0.220 e. The summed E-state index contributed by atoms with van der Waals surface area (Å²) in [6.45, 7) is 0. The van der Waals surface area contributed by atoms with Gasteiger partial charge in [0, 0.05) is 35.8 Å². The average Bonchev–Trinajstić information content (AvgIpc) is 3.13. The van der Waals surface area contributed by atoms with E-state index < -0.39 is 9.84 Å². The first kappa shape index (κ1) is 16.1. The van der Waals surface area contributed by atoms with Crippen LogP contribution in [-0.4, -0.2) is 41.8 Å². The molecule has 0 radical (unpaired) electrons. The van der Waals surface area contributed by atoms with E-state index in [0.717, 1.165) is 16.3 Å². The molecule has 122 valence electrons. The molecular formula is C15H17N3O3S2. The summed E-state index contributed by atoms with van der Waals surface area (Å²) >= 11 is 1.52. The highest BCUT2D eigenvalue weighted by Crippen LogP contribution is 2.23. The standard InChI is InChI=1S/C15H17N3O3S2/c19-14(17-13-5-7-23(20,21)10-13)4-3-12-9-22-15(18-12)11-2-1-6-16-8-11/h1-2,6,8-9,13H,3-5,7,10H2,(H,17,19). The lowest BCUT2D eigenvalue weighted by molar-refractivity contribution is -0.121. The van der Waals surface area contributed by atoms with E-state index in [1.54, 1.807) is 12.4 Å². The minimum Gasteiger partial charge on any atom is -0.352 e. The summed E-state index contributed by atoms with van der Waals surface area (Å²) in [5.74, 6) is 0.0991. The highest BCUT2D eigenvalue weighted by atomic mass is 32.2. The molecule has 6 nitrogen and oxygen atoms in total. The third-order valence-electron chi connectivity index (χ3n) is 3.67. The zero-order valence-electron chi connectivity index (χ0n) is 12.4. The van der Waals surface area contributed by atoms with Crippen molar-refractivity contribution in [3.05, 3.63) is 35.6 Å². The highest BCUT2D eigenvalue weighted by molar-refractivity contribution is 7.91. The van der Waals surface area contributed by atoms with Gasteiger partial charge in [-0.3, -0.25) is 9.78 Å². The van der Waals surface area contributed by atoms with Crippen molar-refractivity contribution in [1.82, 2.24) is 15.3 Å². The molecule has 1 atom stereocenters. The van der Waals surface area contributed by atoms with E-state index in [9.17, 15) is 13.2 Å². The van der Waals surface area contributed by atoms with E-state index in [1.165, 1.54) is 11.3 Å². The Morgan fingerprint density at radius 2 is 2.30 bits per heavy atom. The Balaban J connectivity index is 1.51. The first-order valence-electron chi connectivity index (χ1n) is 7.36. The second kappa shape index (κ2) is 6.76. The third kappa shape index (κ3) is 4.35. The number of rotatable bonds is 5. The van der Waals surface area contributed by atoms with Gasteiger partial charge in [0.05, 0.1) is 17.2 Å². The summed E-state index contributed by atoms with van der Waals surface area (Å²) in [4.78, 5) is 20.5. The summed E-state index contributed by atoms with van der Waals surface area (Å²) in [7, 11) is -2.97. The summed E-state index contributed by atoms with van der Waals surface area (Å²) < 4.78 is 22.7. The number of carbonyl (C=O) groups excluding carboxylic acids is 1. The largest absolute Gasteiger partial charge is 0.352 e. The summed E-state index contributed by atoms with van der Waals surface area (Å²) in [5.41, 5.74) is 1.83. The topological polar surface area (TPSA) is 89.0 Å². The fourth-order valence-electron chi connectivity index (χ4n) is 2.49. The van der Waals surface area contributed by atoms with Crippen LogP contribution in [-0.2, 0) is 21.1 Å². The molecular weight excluding hydrogens is 334 g/mol. The zero-order valence-corrected chi connectivity index (χ0v) is 14.1. The van der Waals surface area contributed by atoms with Crippen LogP contribution < -0.4 is 5.32 Å². The predicted molar refractivity (Wildman–Crippen MR) is 88.9 cm³/mol. The van der Waals surface area contributed by atoms with Crippen LogP contribution in [0.25, 0.3) is 10.6 Å². The van der Waals surface area contributed by atoms with Gasteiger partial charge in [-0.1, -0.05) is 0 Å². The molecule has 3 rings (SSSR count). The molecule has 2 aromatic heterocycles. The van der Waals surface area contributed by atoms with Crippen LogP contribution >= 0.6 is 11.3 Å². The normalized spacial score (nSPS) is 19.6. The molecule has 1 unspecified atom stereocenters. The van der Waals surface area contributed by atoms with Gasteiger partial charge in [-0.25, -0.2) is 13.4 Å². The molecule has 0 bridgehead atoms. The lowest BCUT2D eigenvalue weighted by Gasteiger charge is -2.09. The SMILES string of the molecule is O=C(CCc1csc(-c2cccnc2)n1)NC1CCS(=O)(=O)C1. The molecule has 3 heterocycles. The number of nitrogens with one attached hydrogen (secondary N) is 1. The molecule has 1 amide bonds. The molecule has 0 saturated carbocycles. The first-order chi connectivity index (χ1) is 11.0. The molecule has 1 saturated heterocycles. The van der Waals surface area contributed by atoms with Gasteiger partial charge in [0.25, 0.3) is 0 Å². The minimum absolute atomic E-state index is 0.0561. The first-order valence-corrected chi connectivity index (χ1v) is 10.1. The fourth-order valence-corrected chi connectivity index (χ4v) is 5.01. The van der Waals surface area contributed by atoms with Gasteiger partial charge in [0.15, 0.2) is 9.84 Å². The number of hydrogen-bond donors (Lipinski definition) is 1. The van der Waals surface area contributed by atoms with Crippen LogP contribution in [0.15, 0.2) is 29.9 Å². The van der Waals surface area contributed by atoms with Gasteiger partial charge in [-0.05, 0) is 25.0 Å². The van der Waals surface area contributed by atoms with Crippen molar-refractivity contribution in [2.75, 3.05) is 11.5 Å². The number of thiazole rings is 1. The number of hydrogen-bond acceptors (Lipinski definition) is 6. The van der Waals surface area contributed by atoms with Gasteiger partial charge < -0.3 is 5.32 Å². The highest BCUT2D eigenvalue weighted by Gasteiger charge is 2.28. The van der Waals surface area contributed by atoms with Crippen LogP contribution in [0, 0.1) is 0 Å². The molecule has 23 heavy (non-hydrogen) atoms. The van der Waals surface area contributed by atoms with Crippen LogP contribution in [0.4, 0.5) is 0 Å². The quantitative estimate of drug-likeness (QED) is 0.880. The molecule has 0 aliphatic carbocycles. The van der Waals surface area contributed by atoms with Crippen molar-refractivity contribution in [3.8, 4) is 10.6 Å². The second-order valence-electron chi connectivity index (χ2n) is 5.55. The Morgan fingerprint density at radius 1 is 1.43 bits per heavy atom. The maximum Gasteiger partial charge on any atom is 0.220 e. The summed E-state index contributed by atoms with van der Waals surface area (Å²) in [5, 5.41) is 5.62. The Morgan fingerprint density at radius 3 is 3.00 bits per heavy atom. The average molecular weight is 351 g/mol. The number of aromatic nitrogens is 2. The van der Waals surface area contributed by atoms with E-state index in [-0.39, 0.29) is 23.5 Å². The number of amides is 1. The van der Waals surface area contributed by atoms with Crippen LogP contribution in [0.2, 0.25) is 0 Å². The van der Waals surface area contributed by atoms with Crippen molar-refractivity contribution in [1.29, 1.82) is 0 Å². The second-order valence-corrected chi connectivity index (χ2v) is 8.64. The zero-order chi connectivity index (χ0) is 16.3. The Kier molecular flexibility index (Phi) is 4.72. The maximum absolute atomic E-state index is 11.9. The van der Waals surface area contributed by atoms with Gasteiger partial charge in [0.1, 0.15) is 5.01 Å². The Hall–Kier alpha value is -1.80. The lowest BCUT2D eigenvalue weighted by atomic mass is 10.2. The summed E-state index contributed by atoms with van der Waals surface area (Å²) in [6.07, 6.45) is 4.84. The van der Waals surface area contributed by atoms with E-state index in [0.29, 0.717) is 19.3 Å². The van der Waals surface area contributed by atoms with Crippen molar-refractivity contribution < 1.29 is 13.2 Å². The lowest BCUT2D eigenvalue weighted by Crippen LogP contribution is -2.35. The fraction of sp³-hybridized carbons (Fsp3) is 0.400. The van der Waals surface area contributed by atoms with Gasteiger partial charge in [-0.2, -0.15) is 0 Å². The maximum atomic E-state index is 11.9. The number of pyridine rings is 1. The van der Waals surface area contributed by atoms with Crippen molar-refractivity contribution in [2.24, 2.45) is 0 Å². The van der Waals surface area contributed by atoms with E-state index >= 15 is 0 Å². The molecule has 1 N–H and O–H groups in total. The number of nitrogens with zero attached hydrogens (tertiary/aromatic N) is 2. The minimum atomic E-state index is -2.97. The van der Waals surface area contributed by atoms with Gasteiger partial charge >= 0.3 is 0 Å². The van der Waals surface area contributed by atoms with Crippen molar-refractivity contribution in [3.63, 3.8) is 0 Å². The molecule has 2 aromatic rings. The van der Waals surface area contributed by atoms with E-state index in [4.69, 9.17) is 0 Å². The molecule has 0 spiro atoms. The van der Waals surface area contributed by atoms with Crippen molar-refractivity contribution in [2.45, 2.75) is 25.3 Å². The third-order valence-corrected chi connectivity index (χ3v) is 6.37. The number of sulfone groups is 1. The van der Waals surface area contributed by atoms with Gasteiger partial charge in [0.2, 0.25) is 5.91 Å². The molecule has 1 aliphatic heterocycles.